The maximum Gasteiger partial charge on any atom is 0.277 e. The van der Waals surface area contributed by atoms with Gasteiger partial charge in [0.1, 0.15) is 11.6 Å². The summed E-state index contributed by atoms with van der Waals surface area (Å²) in [5, 5.41) is 13.6. The summed E-state index contributed by atoms with van der Waals surface area (Å²) in [5.41, 5.74) is 5.13. The monoisotopic (exact) mass is 422 g/mol. The molecule has 30 heavy (non-hydrogen) atoms. The molecule has 0 fully saturated rings. The molecule has 2 aromatic carbocycles. The molecule has 1 aliphatic carbocycles. The second kappa shape index (κ2) is 7.95. The fourth-order valence-corrected chi connectivity index (χ4v) is 4.48. The molecule has 1 aliphatic rings. The Kier molecular flexibility index (Phi) is 5.00. The number of hydrogen-bond acceptors (Lipinski definition) is 6. The molecule has 0 radical (unpaired) electrons. The SMILES string of the molecule is COc1ccccc1-c1nnc(SCc2nn(-c3ccc(F)cc3)c3c2CCC3)o1. The third-order valence-electron chi connectivity index (χ3n) is 5.16. The summed E-state index contributed by atoms with van der Waals surface area (Å²) in [7, 11) is 1.61. The van der Waals surface area contributed by atoms with Gasteiger partial charge in [0.15, 0.2) is 0 Å². The van der Waals surface area contributed by atoms with E-state index in [2.05, 4.69) is 10.2 Å². The van der Waals surface area contributed by atoms with Crippen LogP contribution in [0.5, 0.6) is 5.75 Å². The molecular formula is C22H19FN4O2S. The van der Waals surface area contributed by atoms with Crippen molar-refractivity contribution < 1.29 is 13.5 Å². The third-order valence-corrected chi connectivity index (χ3v) is 5.99. The zero-order valence-corrected chi connectivity index (χ0v) is 17.2. The molecule has 0 N–H and O–H groups in total. The molecule has 0 amide bonds. The maximum atomic E-state index is 13.3. The molecule has 8 heteroatoms. The molecule has 5 rings (SSSR count). The van der Waals surface area contributed by atoms with E-state index < -0.39 is 0 Å². The number of methoxy groups -OCH3 is 1. The fourth-order valence-electron chi connectivity index (χ4n) is 3.75. The predicted molar refractivity (Wildman–Crippen MR) is 111 cm³/mol. The summed E-state index contributed by atoms with van der Waals surface area (Å²) >= 11 is 1.46. The summed E-state index contributed by atoms with van der Waals surface area (Å²) in [6, 6.07) is 14.0. The fraction of sp³-hybridized carbons (Fsp3) is 0.227. The normalized spacial score (nSPS) is 12.9. The van der Waals surface area contributed by atoms with Crippen LogP contribution in [-0.4, -0.2) is 27.1 Å². The lowest BCUT2D eigenvalue weighted by atomic mass is 10.2. The lowest BCUT2D eigenvalue weighted by molar-refractivity contribution is 0.411. The van der Waals surface area contributed by atoms with Crippen molar-refractivity contribution in [3.63, 3.8) is 0 Å². The summed E-state index contributed by atoms with van der Waals surface area (Å²) in [6.07, 6.45) is 3.08. The van der Waals surface area contributed by atoms with Gasteiger partial charge in [-0.3, -0.25) is 0 Å². The molecular weight excluding hydrogens is 403 g/mol. The average Bonchev–Trinajstić information content (AvgIpc) is 3.50. The first kappa shape index (κ1) is 18.9. The molecule has 2 heterocycles. The number of nitrogens with zero attached hydrogens (tertiary/aromatic N) is 4. The molecule has 2 aromatic heterocycles. The van der Waals surface area contributed by atoms with Crippen LogP contribution in [0.25, 0.3) is 17.1 Å². The topological polar surface area (TPSA) is 66.0 Å². The van der Waals surface area contributed by atoms with E-state index in [1.807, 2.05) is 28.9 Å². The van der Waals surface area contributed by atoms with E-state index in [9.17, 15) is 4.39 Å². The molecule has 0 spiro atoms. The van der Waals surface area contributed by atoms with Crippen LogP contribution in [0.2, 0.25) is 0 Å². The van der Waals surface area contributed by atoms with E-state index in [0.717, 1.165) is 36.2 Å². The Morgan fingerprint density at radius 3 is 2.77 bits per heavy atom. The Bertz CT molecular complexity index is 1190. The Morgan fingerprint density at radius 1 is 1.10 bits per heavy atom. The number of para-hydroxylation sites is 1. The lowest BCUT2D eigenvalue weighted by Gasteiger charge is -2.05. The highest BCUT2D eigenvalue weighted by atomic mass is 32.2. The molecule has 6 nitrogen and oxygen atoms in total. The number of rotatable bonds is 6. The van der Waals surface area contributed by atoms with Gasteiger partial charge in [0, 0.05) is 11.4 Å². The average molecular weight is 422 g/mol. The van der Waals surface area contributed by atoms with Gasteiger partial charge in [0.05, 0.1) is 24.1 Å². The van der Waals surface area contributed by atoms with Crippen LogP contribution in [0.4, 0.5) is 4.39 Å². The van der Waals surface area contributed by atoms with Crippen molar-refractivity contribution >= 4 is 11.8 Å². The molecule has 0 unspecified atom stereocenters. The Balaban J connectivity index is 1.37. The van der Waals surface area contributed by atoms with Crippen LogP contribution in [0.15, 0.2) is 58.2 Å². The lowest BCUT2D eigenvalue weighted by Crippen LogP contribution is -2.01. The van der Waals surface area contributed by atoms with Crippen LogP contribution < -0.4 is 4.74 Å². The molecule has 152 valence electrons. The molecule has 0 aliphatic heterocycles. The van der Waals surface area contributed by atoms with E-state index >= 15 is 0 Å². The van der Waals surface area contributed by atoms with Crippen molar-refractivity contribution in [1.82, 2.24) is 20.0 Å². The van der Waals surface area contributed by atoms with Crippen molar-refractivity contribution in [2.45, 2.75) is 30.2 Å². The molecule has 0 saturated carbocycles. The minimum atomic E-state index is -0.249. The third kappa shape index (κ3) is 3.47. The number of halogens is 1. The van der Waals surface area contributed by atoms with Crippen molar-refractivity contribution in [3.05, 3.63) is 71.3 Å². The zero-order valence-electron chi connectivity index (χ0n) is 16.3. The van der Waals surface area contributed by atoms with Gasteiger partial charge < -0.3 is 9.15 Å². The van der Waals surface area contributed by atoms with E-state index in [1.54, 1.807) is 19.2 Å². The number of benzene rings is 2. The van der Waals surface area contributed by atoms with Crippen LogP contribution in [0.1, 0.15) is 23.4 Å². The first-order valence-electron chi connectivity index (χ1n) is 9.68. The van der Waals surface area contributed by atoms with Crippen LogP contribution in [0.3, 0.4) is 0 Å². The zero-order chi connectivity index (χ0) is 20.5. The molecule has 0 saturated heterocycles. The van der Waals surface area contributed by atoms with Gasteiger partial charge in [-0.25, -0.2) is 9.07 Å². The van der Waals surface area contributed by atoms with Crippen molar-refractivity contribution in [2.24, 2.45) is 0 Å². The summed E-state index contributed by atoms with van der Waals surface area (Å²) in [6.45, 7) is 0. The highest BCUT2D eigenvalue weighted by molar-refractivity contribution is 7.98. The quantitative estimate of drug-likeness (QED) is 0.414. The van der Waals surface area contributed by atoms with Gasteiger partial charge >= 0.3 is 0 Å². The molecule has 0 bridgehead atoms. The predicted octanol–water partition coefficient (Wildman–Crippen LogP) is 4.85. The van der Waals surface area contributed by atoms with Gasteiger partial charge in [-0.1, -0.05) is 23.9 Å². The smallest absolute Gasteiger partial charge is 0.277 e. The standard InChI is InChI=1S/C22H19FN4O2S/c1-28-20-8-3-2-5-17(20)21-24-25-22(29-21)30-13-18-16-6-4-7-19(16)27(26-18)15-11-9-14(23)10-12-15/h2-3,5,8-12H,4,6-7,13H2,1H3. The summed E-state index contributed by atoms with van der Waals surface area (Å²) in [5.74, 6) is 1.50. The number of ether oxygens (including phenoxy) is 1. The highest BCUT2D eigenvalue weighted by Crippen LogP contribution is 2.34. The number of aromatic nitrogens is 4. The number of hydrogen-bond donors (Lipinski definition) is 0. The molecule has 4 aromatic rings. The second-order valence-corrected chi connectivity index (χ2v) is 7.90. The largest absolute Gasteiger partial charge is 0.496 e. The van der Waals surface area contributed by atoms with Crippen molar-refractivity contribution in [3.8, 4) is 22.9 Å². The first-order valence-corrected chi connectivity index (χ1v) is 10.7. The number of thioether (sulfide) groups is 1. The maximum absolute atomic E-state index is 13.3. The summed E-state index contributed by atoms with van der Waals surface area (Å²) < 4.78 is 26.4. The minimum absolute atomic E-state index is 0.249. The van der Waals surface area contributed by atoms with E-state index in [0.29, 0.717) is 22.6 Å². The van der Waals surface area contributed by atoms with Crippen molar-refractivity contribution in [2.75, 3.05) is 7.11 Å². The Labute approximate surface area is 177 Å². The summed E-state index contributed by atoms with van der Waals surface area (Å²) in [4.78, 5) is 0. The first-order chi connectivity index (χ1) is 14.7. The highest BCUT2D eigenvalue weighted by Gasteiger charge is 2.24. The van der Waals surface area contributed by atoms with Crippen LogP contribution in [-0.2, 0) is 18.6 Å². The van der Waals surface area contributed by atoms with Crippen molar-refractivity contribution in [1.29, 1.82) is 0 Å². The van der Waals surface area contributed by atoms with Gasteiger partial charge in [0.2, 0.25) is 0 Å². The Hall–Kier alpha value is -3.13. The van der Waals surface area contributed by atoms with Crippen LogP contribution in [0, 0.1) is 5.82 Å². The van der Waals surface area contributed by atoms with E-state index in [-0.39, 0.29) is 5.82 Å². The van der Waals surface area contributed by atoms with E-state index in [1.165, 1.54) is 35.2 Å². The second-order valence-electron chi connectivity index (χ2n) is 6.98. The van der Waals surface area contributed by atoms with E-state index in [4.69, 9.17) is 14.3 Å². The van der Waals surface area contributed by atoms with Gasteiger partial charge in [0.25, 0.3) is 11.1 Å². The van der Waals surface area contributed by atoms with Gasteiger partial charge in [-0.2, -0.15) is 5.10 Å². The number of fused-ring (bicyclic) bond motifs is 1. The molecule has 0 atom stereocenters. The Morgan fingerprint density at radius 2 is 1.93 bits per heavy atom. The van der Waals surface area contributed by atoms with Gasteiger partial charge in [-0.15, -0.1) is 10.2 Å². The van der Waals surface area contributed by atoms with Gasteiger partial charge in [-0.05, 0) is 61.2 Å². The minimum Gasteiger partial charge on any atom is -0.496 e. The van der Waals surface area contributed by atoms with Crippen LogP contribution >= 0.6 is 11.8 Å².